The molecule has 0 saturated heterocycles. The molecule has 1 heterocycles. The maximum absolute atomic E-state index is 12.9. The van der Waals surface area contributed by atoms with Crippen molar-refractivity contribution in [1.82, 2.24) is 19.2 Å². The Hall–Kier alpha value is -2.81. The fraction of sp³-hybridized carbons (Fsp3) is 0.429. The lowest BCUT2D eigenvalue weighted by molar-refractivity contribution is -0.133. The molecule has 0 spiro atoms. The number of amides is 1. The first-order valence-corrected chi connectivity index (χ1v) is 11.4. The van der Waals surface area contributed by atoms with Crippen LogP contribution >= 0.6 is 0 Å². The molecule has 0 aliphatic rings. The largest absolute Gasteiger partial charge is 0.499 e. The van der Waals surface area contributed by atoms with Crippen LogP contribution in [0.4, 0.5) is 0 Å². The molecule has 30 heavy (non-hydrogen) atoms. The van der Waals surface area contributed by atoms with Gasteiger partial charge in [-0.05, 0) is 44.4 Å². The Morgan fingerprint density at radius 3 is 2.43 bits per heavy atom. The second-order valence-corrected chi connectivity index (χ2v) is 8.73. The number of likely N-dealkylation sites (N-methyl/N-ethyl adjacent to an activating group) is 1. The number of aryl methyl sites for hydroxylation is 1. The van der Waals surface area contributed by atoms with E-state index in [0.717, 1.165) is 21.4 Å². The van der Waals surface area contributed by atoms with Crippen molar-refractivity contribution in [2.75, 3.05) is 19.9 Å². The second-order valence-electron chi connectivity index (χ2n) is 6.92. The summed E-state index contributed by atoms with van der Waals surface area (Å²) in [6, 6.07) is 1.78. The third-order valence-corrected chi connectivity index (χ3v) is 5.43. The molecule has 9 heteroatoms. The van der Waals surface area contributed by atoms with Crippen molar-refractivity contribution in [3.63, 3.8) is 0 Å². The van der Waals surface area contributed by atoms with E-state index < -0.39 is 15.9 Å². The van der Waals surface area contributed by atoms with Gasteiger partial charge in [0, 0.05) is 38.0 Å². The number of allylic oxidation sites excluding steroid dienone is 4. The van der Waals surface area contributed by atoms with Gasteiger partial charge in [-0.1, -0.05) is 19.7 Å². The molecule has 0 bridgehead atoms. The molecule has 0 radical (unpaired) electrons. The van der Waals surface area contributed by atoms with E-state index in [9.17, 15) is 13.2 Å². The average Bonchev–Trinajstić information content (AvgIpc) is 3.06. The topological polar surface area (TPSA) is 84.7 Å². The molecule has 0 aliphatic heterocycles. The summed E-state index contributed by atoms with van der Waals surface area (Å²) in [7, 11) is -0.588. The summed E-state index contributed by atoms with van der Waals surface area (Å²) < 4.78 is 32.6. The summed E-state index contributed by atoms with van der Waals surface area (Å²) in [5, 5.41) is 5.13. The minimum Gasteiger partial charge on any atom is -0.499 e. The van der Waals surface area contributed by atoms with Gasteiger partial charge in [-0.15, -0.1) is 0 Å². The zero-order chi connectivity index (χ0) is 23.1. The number of nitrogens with zero attached hydrogens (tertiary/aromatic N) is 4. The molecule has 0 fully saturated rings. The Morgan fingerprint density at radius 2 is 1.93 bits per heavy atom. The smallest absolute Gasteiger partial charge is 0.268 e. The fourth-order valence-electron chi connectivity index (χ4n) is 2.95. The third kappa shape index (κ3) is 6.91. The first kappa shape index (κ1) is 25.2. The van der Waals surface area contributed by atoms with E-state index >= 15 is 0 Å². The lowest BCUT2D eigenvalue weighted by Crippen LogP contribution is -2.46. The molecule has 1 rings (SSSR count). The molecule has 166 valence electrons. The molecule has 0 atom stereocenters. The van der Waals surface area contributed by atoms with Gasteiger partial charge in [0.2, 0.25) is 10.0 Å². The number of hydrogen-bond donors (Lipinski definition) is 0. The molecule has 0 aliphatic carbocycles. The van der Waals surface area contributed by atoms with Crippen molar-refractivity contribution in [1.29, 1.82) is 0 Å². The lowest BCUT2D eigenvalue weighted by Gasteiger charge is -2.33. The Kier molecular flexibility index (Phi) is 9.10. The van der Waals surface area contributed by atoms with Gasteiger partial charge in [0.15, 0.2) is 0 Å². The van der Waals surface area contributed by atoms with Crippen molar-refractivity contribution < 1.29 is 17.9 Å². The molecule has 0 aromatic carbocycles. The van der Waals surface area contributed by atoms with Gasteiger partial charge < -0.3 is 4.74 Å². The molecule has 0 saturated carbocycles. The third-order valence-electron chi connectivity index (χ3n) is 4.30. The number of carbonyl (C=O) groups is 1. The van der Waals surface area contributed by atoms with E-state index in [1.54, 1.807) is 37.0 Å². The maximum Gasteiger partial charge on any atom is 0.268 e. The summed E-state index contributed by atoms with van der Waals surface area (Å²) in [5.74, 6) is 0.150. The number of carbonyl (C=O) groups excluding carboxylic acids is 1. The normalized spacial score (nSPS) is 11.7. The predicted octanol–water partition coefficient (Wildman–Crippen LogP) is 3.25. The van der Waals surface area contributed by atoms with Crippen molar-refractivity contribution in [2.24, 2.45) is 7.05 Å². The van der Waals surface area contributed by atoms with Crippen LogP contribution < -0.4 is 0 Å². The van der Waals surface area contributed by atoms with E-state index in [0.29, 0.717) is 42.8 Å². The first-order valence-electron chi connectivity index (χ1n) is 9.52. The van der Waals surface area contributed by atoms with Crippen molar-refractivity contribution in [2.45, 2.75) is 33.1 Å². The number of ether oxygens (including phenoxy) is 1. The van der Waals surface area contributed by atoms with Crippen LogP contribution in [0.5, 0.6) is 0 Å². The monoisotopic (exact) mass is 436 g/mol. The van der Waals surface area contributed by atoms with Gasteiger partial charge in [0.05, 0.1) is 24.3 Å². The van der Waals surface area contributed by atoms with Gasteiger partial charge >= 0.3 is 0 Å². The van der Waals surface area contributed by atoms with Crippen LogP contribution in [0, 0.1) is 0 Å². The highest BCUT2D eigenvalue weighted by atomic mass is 32.2. The molecular formula is C21H32N4O4S. The average molecular weight is 437 g/mol. The molecule has 1 aromatic heterocycles. The minimum atomic E-state index is -3.76. The molecule has 8 nitrogen and oxygen atoms in total. The minimum absolute atomic E-state index is 0.288. The van der Waals surface area contributed by atoms with Crippen molar-refractivity contribution in [3.8, 4) is 0 Å². The van der Waals surface area contributed by atoms with Crippen LogP contribution in [0.2, 0.25) is 0 Å². The molecular weight excluding hydrogens is 404 g/mol. The van der Waals surface area contributed by atoms with Crippen LogP contribution in [0.3, 0.4) is 0 Å². The quantitative estimate of drug-likeness (QED) is 0.217. The van der Waals surface area contributed by atoms with Gasteiger partial charge in [-0.3, -0.25) is 9.48 Å². The molecule has 1 aromatic rings. The van der Waals surface area contributed by atoms with Gasteiger partial charge in [-0.2, -0.15) is 9.51 Å². The highest BCUT2D eigenvalue weighted by molar-refractivity contribution is 7.88. The molecule has 1 amide bonds. The molecule has 0 N–H and O–H groups in total. The lowest BCUT2D eigenvalue weighted by atomic mass is 10.1. The van der Waals surface area contributed by atoms with Gasteiger partial charge in [0.1, 0.15) is 0 Å². The predicted molar refractivity (Wildman–Crippen MR) is 119 cm³/mol. The number of hydrazine groups is 1. The standard InChI is InChI=1S/C21H32N4O4S/c1-9-29-19(5)12-10-11-18(4)25(30(8,27)28)24(7)21(26)17(3)15-16(2)20-13-14-22-23(20)6/h13-15H,2,4-5,9-12H2,1,3,6-8H3/b17-15+. The van der Waals surface area contributed by atoms with Crippen LogP contribution in [0.1, 0.15) is 38.8 Å². The van der Waals surface area contributed by atoms with E-state index in [2.05, 4.69) is 24.8 Å². The summed E-state index contributed by atoms with van der Waals surface area (Å²) >= 11 is 0. The van der Waals surface area contributed by atoms with Crippen molar-refractivity contribution in [3.05, 3.63) is 60.8 Å². The SMILES string of the molecule is C=C(CCCC(=C)N(N(C)C(=O)/C(C)=C/C(=C)c1ccnn1C)S(C)(=O)=O)OCC. The molecule has 0 unspecified atom stereocenters. The van der Waals surface area contributed by atoms with Gasteiger partial charge in [-0.25, -0.2) is 13.4 Å². The van der Waals surface area contributed by atoms with Crippen LogP contribution in [0.15, 0.2) is 55.1 Å². The summed E-state index contributed by atoms with van der Waals surface area (Å²) in [6.07, 6.45) is 5.80. The first-order chi connectivity index (χ1) is 13.9. The maximum atomic E-state index is 12.9. The number of sulfonamides is 1. The highest BCUT2D eigenvalue weighted by Crippen LogP contribution is 2.21. The van der Waals surface area contributed by atoms with E-state index in [4.69, 9.17) is 4.74 Å². The number of aromatic nitrogens is 2. The van der Waals surface area contributed by atoms with E-state index in [-0.39, 0.29) is 5.70 Å². The number of hydrogen-bond acceptors (Lipinski definition) is 5. The summed E-state index contributed by atoms with van der Waals surface area (Å²) in [5.41, 5.74) is 1.96. The van der Waals surface area contributed by atoms with Gasteiger partial charge in [0.25, 0.3) is 5.91 Å². The van der Waals surface area contributed by atoms with E-state index in [1.165, 1.54) is 7.05 Å². The Labute approximate surface area is 179 Å². The fourth-order valence-corrected chi connectivity index (χ4v) is 4.03. The highest BCUT2D eigenvalue weighted by Gasteiger charge is 2.27. The summed E-state index contributed by atoms with van der Waals surface area (Å²) in [6.45, 7) is 15.6. The summed E-state index contributed by atoms with van der Waals surface area (Å²) in [4.78, 5) is 12.9. The van der Waals surface area contributed by atoms with Crippen LogP contribution in [0.25, 0.3) is 5.57 Å². The Balaban J connectivity index is 2.95. The van der Waals surface area contributed by atoms with E-state index in [1.807, 2.05) is 6.92 Å². The van der Waals surface area contributed by atoms with Crippen LogP contribution in [-0.2, 0) is 26.6 Å². The Bertz CT molecular complexity index is 944. The Morgan fingerprint density at radius 1 is 1.30 bits per heavy atom. The zero-order valence-electron chi connectivity index (χ0n) is 18.5. The van der Waals surface area contributed by atoms with Crippen molar-refractivity contribution >= 4 is 21.5 Å². The second kappa shape index (κ2) is 10.8. The van der Waals surface area contributed by atoms with Crippen LogP contribution in [-0.4, -0.2) is 53.4 Å². The number of rotatable bonds is 12. The zero-order valence-corrected chi connectivity index (χ0v) is 19.3.